The topological polar surface area (TPSA) is 315 Å². The van der Waals surface area contributed by atoms with Gasteiger partial charge in [-0.05, 0) is 0 Å². The minimum absolute atomic E-state index is 0. The predicted molar refractivity (Wildman–Crippen MR) is 88.6 cm³/mol. The molecule has 2 fully saturated rings. The fraction of sp³-hybridized carbons (Fsp3) is 1.00. The van der Waals surface area contributed by atoms with Gasteiger partial charge in [-0.15, -0.1) is 0 Å². The Balaban J connectivity index is -0.0000000800. The summed E-state index contributed by atoms with van der Waals surface area (Å²) in [4.78, 5) is 0. The fourth-order valence-corrected chi connectivity index (χ4v) is 2.06. The summed E-state index contributed by atoms with van der Waals surface area (Å²) in [5.74, 6) is -4.34. The SMILES string of the molecule is O.O.O.OC[C@@]1(O)OC[C@@H](O)[C@@H](O)[C@@H]1O.OC[C@@]1(O)OC[C@@H](O)[C@@H](O)[C@@H]1O.[Br-].[Br-].[Ca+2]. The summed E-state index contributed by atoms with van der Waals surface area (Å²) >= 11 is 0. The summed E-state index contributed by atoms with van der Waals surface area (Å²) in [5, 5.41) is 89.9. The maximum atomic E-state index is 9.24. The maximum Gasteiger partial charge on any atom is 2.00 e. The number of aliphatic hydroxyl groups excluding tert-OH is 8. The van der Waals surface area contributed by atoms with E-state index in [1.165, 1.54) is 0 Å². The smallest absolute Gasteiger partial charge is 1.00 e. The summed E-state index contributed by atoms with van der Waals surface area (Å²) in [6.07, 6.45) is -8.90. The number of hydrogen-bond donors (Lipinski definition) is 10. The van der Waals surface area contributed by atoms with Crippen LogP contribution in [0.25, 0.3) is 0 Å². The number of halogens is 2. The van der Waals surface area contributed by atoms with Crippen molar-refractivity contribution in [2.75, 3.05) is 26.4 Å². The van der Waals surface area contributed by atoms with E-state index in [9.17, 15) is 10.2 Å². The molecule has 0 aromatic carbocycles. The summed E-state index contributed by atoms with van der Waals surface area (Å²) < 4.78 is 9.11. The molecular weight excluding hydrogens is 584 g/mol. The van der Waals surface area contributed by atoms with E-state index >= 15 is 0 Å². The predicted octanol–water partition coefficient (Wildman–Crippen LogP) is -15.3. The van der Waals surface area contributed by atoms with Gasteiger partial charge in [-0.1, -0.05) is 0 Å². The van der Waals surface area contributed by atoms with E-state index in [-0.39, 0.29) is 101 Å². The van der Waals surface area contributed by atoms with Crippen molar-refractivity contribution in [1.82, 2.24) is 0 Å². The van der Waals surface area contributed by atoms with Crippen LogP contribution in [0.15, 0.2) is 0 Å². The van der Waals surface area contributed by atoms with Crippen LogP contribution in [0.2, 0.25) is 0 Å². The number of ether oxygens (including phenoxy) is 2. The van der Waals surface area contributed by atoms with E-state index < -0.39 is 61.4 Å². The Kier molecular flexibility index (Phi) is 28.6. The van der Waals surface area contributed by atoms with Gasteiger partial charge in [0.1, 0.15) is 36.6 Å². The standard InChI is InChI=1S/2C6H12O6.2BrH.Ca.3H2O/c2*7-2-6(11)5(10)4(9)3(8)1-12-6;;;;;;/h2*3-5,7-11H,1-2H2;2*1H;;3*1H2/q;;;;+2;;;/p-2/t2*3-,4-,5+,6-;;;;;;/m11....../s1. The van der Waals surface area contributed by atoms with Gasteiger partial charge in [0.25, 0.3) is 0 Å². The van der Waals surface area contributed by atoms with E-state index in [1.807, 2.05) is 0 Å². The van der Waals surface area contributed by atoms with Crippen LogP contribution in [0.1, 0.15) is 0 Å². The number of rotatable bonds is 2. The van der Waals surface area contributed by atoms with Crippen molar-refractivity contribution in [3.8, 4) is 0 Å². The van der Waals surface area contributed by atoms with Crippen molar-refractivity contribution in [2.45, 2.75) is 48.2 Å². The summed E-state index contributed by atoms with van der Waals surface area (Å²) in [5.41, 5.74) is 0. The zero-order valence-electron chi connectivity index (χ0n) is 15.5. The summed E-state index contributed by atoms with van der Waals surface area (Å²) in [7, 11) is 0. The Hall–Kier alpha value is 1.62. The average molecular weight is 614 g/mol. The molecule has 30 heavy (non-hydrogen) atoms. The van der Waals surface area contributed by atoms with Crippen LogP contribution in [-0.2, 0) is 9.47 Å². The molecule has 18 heteroatoms. The minimum Gasteiger partial charge on any atom is -1.00 e. The first-order chi connectivity index (χ1) is 11.0. The third-order valence-electron chi connectivity index (χ3n) is 3.82. The Morgan fingerprint density at radius 2 is 0.867 bits per heavy atom. The Morgan fingerprint density at radius 3 is 1.07 bits per heavy atom. The second-order valence-corrected chi connectivity index (χ2v) is 5.63. The van der Waals surface area contributed by atoms with Crippen molar-refractivity contribution in [3.05, 3.63) is 0 Å². The van der Waals surface area contributed by atoms with Crippen LogP contribution in [0, 0.1) is 0 Å². The molecule has 2 aliphatic heterocycles. The van der Waals surface area contributed by atoms with Crippen molar-refractivity contribution in [2.24, 2.45) is 0 Å². The Morgan fingerprint density at radius 1 is 0.633 bits per heavy atom. The Bertz CT molecular complexity index is 380. The van der Waals surface area contributed by atoms with Gasteiger partial charge < -0.3 is 111 Å². The van der Waals surface area contributed by atoms with Crippen molar-refractivity contribution < 1.29 is 111 Å². The average Bonchev–Trinajstić information content (AvgIpc) is 2.59. The molecule has 0 spiro atoms. The molecular formula is C12H30Br2CaO15. The second kappa shape index (κ2) is 19.0. The molecule has 2 saturated heterocycles. The number of hydrogen-bond acceptors (Lipinski definition) is 12. The molecule has 184 valence electrons. The maximum absolute atomic E-state index is 9.24. The van der Waals surface area contributed by atoms with Crippen LogP contribution >= 0.6 is 0 Å². The van der Waals surface area contributed by atoms with E-state index in [4.69, 9.17) is 40.9 Å². The summed E-state index contributed by atoms with van der Waals surface area (Å²) in [6.45, 7) is -2.32. The van der Waals surface area contributed by atoms with Crippen LogP contribution in [0.4, 0.5) is 0 Å². The first kappa shape index (κ1) is 45.2. The van der Waals surface area contributed by atoms with Gasteiger partial charge >= 0.3 is 37.7 Å². The van der Waals surface area contributed by atoms with E-state index in [0.717, 1.165) is 0 Å². The minimum atomic E-state index is -2.17. The quantitative estimate of drug-likeness (QED) is 0.130. The van der Waals surface area contributed by atoms with Gasteiger partial charge in [0.2, 0.25) is 11.6 Å². The fourth-order valence-electron chi connectivity index (χ4n) is 2.06. The molecule has 8 atom stereocenters. The first-order valence-electron chi connectivity index (χ1n) is 7.05. The van der Waals surface area contributed by atoms with E-state index in [0.29, 0.717) is 0 Å². The molecule has 16 N–H and O–H groups in total. The second-order valence-electron chi connectivity index (χ2n) is 5.63. The molecule has 0 aromatic heterocycles. The first-order valence-corrected chi connectivity index (χ1v) is 7.05. The molecule has 2 heterocycles. The van der Waals surface area contributed by atoms with Gasteiger partial charge in [0.05, 0.1) is 26.4 Å². The van der Waals surface area contributed by atoms with Gasteiger partial charge in [-0.3, -0.25) is 0 Å². The zero-order valence-corrected chi connectivity index (χ0v) is 20.9. The molecule has 0 amide bonds. The molecule has 0 aromatic rings. The molecule has 0 unspecified atom stereocenters. The largest absolute Gasteiger partial charge is 2.00 e. The monoisotopic (exact) mass is 612 g/mol. The molecule has 0 radical (unpaired) electrons. The molecule has 2 aliphatic rings. The van der Waals surface area contributed by atoms with Crippen LogP contribution < -0.4 is 34.0 Å². The van der Waals surface area contributed by atoms with Crippen molar-refractivity contribution >= 4 is 37.7 Å². The molecule has 2 rings (SSSR count). The van der Waals surface area contributed by atoms with Crippen LogP contribution in [-0.4, -0.2) is 180 Å². The third-order valence-corrected chi connectivity index (χ3v) is 3.82. The van der Waals surface area contributed by atoms with Gasteiger partial charge in [0, 0.05) is 0 Å². The van der Waals surface area contributed by atoms with Gasteiger partial charge in [-0.25, -0.2) is 0 Å². The molecule has 0 aliphatic carbocycles. The molecule has 15 nitrogen and oxygen atoms in total. The van der Waals surface area contributed by atoms with Crippen molar-refractivity contribution in [3.63, 3.8) is 0 Å². The molecule has 0 bridgehead atoms. The summed E-state index contributed by atoms with van der Waals surface area (Å²) in [6, 6.07) is 0. The third kappa shape index (κ3) is 10.7. The van der Waals surface area contributed by atoms with Crippen LogP contribution in [0.5, 0.6) is 0 Å². The van der Waals surface area contributed by atoms with Gasteiger partial charge in [0.15, 0.2) is 0 Å². The van der Waals surface area contributed by atoms with Crippen molar-refractivity contribution in [1.29, 1.82) is 0 Å². The zero-order chi connectivity index (χ0) is 18.7. The molecule has 0 saturated carbocycles. The van der Waals surface area contributed by atoms with E-state index in [1.54, 1.807) is 0 Å². The Labute approximate surface area is 222 Å². The normalized spacial score (nSPS) is 39.4. The van der Waals surface area contributed by atoms with Gasteiger partial charge in [-0.2, -0.15) is 0 Å². The number of aliphatic hydroxyl groups is 10. The van der Waals surface area contributed by atoms with E-state index in [2.05, 4.69) is 9.47 Å². The van der Waals surface area contributed by atoms with Crippen LogP contribution in [0.3, 0.4) is 0 Å².